The van der Waals surface area contributed by atoms with Gasteiger partial charge in [0, 0.05) is 32.5 Å². The van der Waals surface area contributed by atoms with Crippen LogP contribution in [-0.2, 0) is 30.7 Å². The van der Waals surface area contributed by atoms with Crippen molar-refractivity contribution in [2.24, 2.45) is 0 Å². The maximum absolute atomic E-state index is 12.2. The Labute approximate surface area is 156 Å². The molecule has 0 radical (unpaired) electrons. The average Bonchev–Trinajstić information content (AvgIpc) is 3.00. The molecule has 27 heavy (non-hydrogen) atoms. The van der Waals surface area contributed by atoms with E-state index < -0.39 is 5.97 Å². The van der Waals surface area contributed by atoms with Crippen LogP contribution in [0, 0.1) is 0 Å². The summed E-state index contributed by atoms with van der Waals surface area (Å²) in [5.41, 5.74) is 0.810. The number of nitrogens with zero attached hydrogens (tertiary/aromatic N) is 3. The van der Waals surface area contributed by atoms with E-state index in [1.807, 2.05) is 0 Å². The van der Waals surface area contributed by atoms with Gasteiger partial charge in [0.25, 0.3) is 0 Å². The minimum atomic E-state index is -0.987. The molecule has 2 heterocycles. The molecule has 1 amide bonds. The number of amides is 1. The van der Waals surface area contributed by atoms with Crippen LogP contribution in [0.5, 0.6) is 0 Å². The predicted octanol–water partition coefficient (Wildman–Crippen LogP) is 1.22. The summed E-state index contributed by atoms with van der Waals surface area (Å²) in [5, 5.41) is 16.3. The predicted molar refractivity (Wildman–Crippen MR) is 98.8 cm³/mol. The number of fused-ring (bicyclic) bond motifs is 1. The van der Waals surface area contributed by atoms with Gasteiger partial charge in [0.05, 0.1) is 5.56 Å². The molecule has 1 aliphatic rings. The lowest BCUT2D eigenvalue weighted by Crippen LogP contribution is -2.29. The van der Waals surface area contributed by atoms with Crippen LogP contribution in [0.3, 0.4) is 0 Å². The minimum absolute atomic E-state index is 0.0682. The van der Waals surface area contributed by atoms with Gasteiger partial charge in [0.2, 0.25) is 5.91 Å². The second-order valence-corrected chi connectivity index (χ2v) is 6.70. The molecule has 3 rings (SSSR count). The number of aromatic nitrogens is 3. The molecule has 8 heteroatoms. The first-order valence-electron chi connectivity index (χ1n) is 9.30. The van der Waals surface area contributed by atoms with E-state index in [-0.39, 0.29) is 23.6 Å². The summed E-state index contributed by atoms with van der Waals surface area (Å²) in [6.07, 6.45) is 4.15. The summed E-state index contributed by atoms with van der Waals surface area (Å²) < 4.78 is 3.22. The highest BCUT2D eigenvalue weighted by atomic mass is 16.4. The van der Waals surface area contributed by atoms with Crippen LogP contribution in [0.1, 0.15) is 47.4 Å². The zero-order valence-electron chi connectivity index (χ0n) is 15.2. The first kappa shape index (κ1) is 18.9. The molecule has 0 aliphatic carbocycles. The molecule has 2 N–H and O–H groups in total. The molecule has 1 aliphatic heterocycles. The molecular weight excluding hydrogens is 348 g/mol. The summed E-state index contributed by atoms with van der Waals surface area (Å²) in [6, 6.07) is 6.70. The second kappa shape index (κ2) is 8.66. The number of carbonyl (C=O) groups is 2. The van der Waals surface area contributed by atoms with Crippen LogP contribution in [0.25, 0.3) is 0 Å². The van der Waals surface area contributed by atoms with Gasteiger partial charge in [0.1, 0.15) is 5.82 Å². The standard InChI is InChI=1S/C19H24N4O4/c24-17(10-9-14-6-1-2-7-15(14)18(25)26)20-11-5-13-23-19(27)22-12-4-3-8-16(22)21-23/h1-2,6-7H,3-5,8-13H2,(H,20,24)(H,25,26). The summed E-state index contributed by atoms with van der Waals surface area (Å²) >= 11 is 0. The molecule has 0 unspecified atom stereocenters. The van der Waals surface area contributed by atoms with E-state index in [1.54, 1.807) is 22.8 Å². The number of benzene rings is 1. The normalized spacial score (nSPS) is 13.2. The van der Waals surface area contributed by atoms with Gasteiger partial charge in [-0.2, -0.15) is 5.10 Å². The number of aryl methyl sites for hydroxylation is 3. The molecule has 0 saturated carbocycles. The molecule has 144 valence electrons. The van der Waals surface area contributed by atoms with E-state index in [2.05, 4.69) is 10.4 Å². The third-order valence-corrected chi connectivity index (χ3v) is 4.77. The summed E-state index contributed by atoms with van der Waals surface area (Å²) in [4.78, 5) is 35.4. The van der Waals surface area contributed by atoms with Crippen LogP contribution in [-0.4, -0.2) is 37.9 Å². The molecule has 2 aromatic rings. The molecule has 8 nitrogen and oxygen atoms in total. The van der Waals surface area contributed by atoms with Gasteiger partial charge in [0.15, 0.2) is 0 Å². The summed E-state index contributed by atoms with van der Waals surface area (Å²) in [6.45, 7) is 1.66. The number of carbonyl (C=O) groups excluding carboxylic acids is 1. The summed E-state index contributed by atoms with van der Waals surface area (Å²) in [5.74, 6) is -0.265. The first-order chi connectivity index (χ1) is 13.1. The minimum Gasteiger partial charge on any atom is -0.478 e. The highest BCUT2D eigenvalue weighted by Gasteiger charge is 2.16. The number of carboxylic acid groups (broad SMARTS) is 1. The van der Waals surface area contributed by atoms with Gasteiger partial charge in [-0.25, -0.2) is 14.3 Å². The molecule has 0 fully saturated rings. The second-order valence-electron chi connectivity index (χ2n) is 6.70. The third-order valence-electron chi connectivity index (χ3n) is 4.77. The molecule has 0 atom stereocenters. The van der Waals surface area contributed by atoms with Gasteiger partial charge in [-0.1, -0.05) is 18.2 Å². The zero-order valence-corrected chi connectivity index (χ0v) is 15.2. The maximum atomic E-state index is 12.2. The Bertz CT molecular complexity index is 884. The van der Waals surface area contributed by atoms with Crippen molar-refractivity contribution in [1.82, 2.24) is 19.7 Å². The fraction of sp³-hybridized carbons (Fsp3) is 0.474. The number of nitrogens with one attached hydrogen (secondary N) is 1. The zero-order chi connectivity index (χ0) is 19.2. The van der Waals surface area contributed by atoms with E-state index in [4.69, 9.17) is 5.11 Å². The van der Waals surface area contributed by atoms with Crippen LogP contribution in [0.4, 0.5) is 0 Å². The van der Waals surface area contributed by atoms with Crippen molar-refractivity contribution in [2.45, 2.75) is 51.6 Å². The van der Waals surface area contributed by atoms with Crippen LogP contribution in [0.2, 0.25) is 0 Å². The van der Waals surface area contributed by atoms with Crippen molar-refractivity contribution in [3.05, 3.63) is 51.7 Å². The SMILES string of the molecule is O=C(CCc1ccccc1C(=O)O)NCCCn1nc2n(c1=O)CCCC2. The Hall–Kier alpha value is -2.90. The number of hydrogen-bond acceptors (Lipinski definition) is 4. The van der Waals surface area contributed by atoms with E-state index in [0.29, 0.717) is 31.5 Å². The van der Waals surface area contributed by atoms with Gasteiger partial charge >= 0.3 is 11.7 Å². The van der Waals surface area contributed by atoms with Crippen molar-refractivity contribution in [1.29, 1.82) is 0 Å². The van der Waals surface area contributed by atoms with E-state index in [1.165, 1.54) is 10.7 Å². The largest absolute Gasteiger partial charge is 0.478 e. The van der Waals surface area contributed by atoms with Crippen molar-refractivity contribution in [2.75, 3.05) is 6.54 Å². The topological polar surface area (TPSA) is 106 Å². The van der Waals surface area contributed by atoms with Gasteiger partial charge in [-0.05, 0) is 37.3 Å². The average molecular weight is 372 g/mol. The lowest BCUT2D eigenvalue weighted by atomic mass is 10.0. The monoisotopic (exact) mass is 372 g/mol. The summed E-state index contributed by atoms with van der Waals surface area (Å²) in [7, 11) is 0. The van der Waals surface area contributed by atoms with E-state index >= 15 is 0 Å². The highest BCUT2D eigenvalue weighted by molar-refractivity contribution is 5.89. The fourth-order valence-corrected chi connectivity index (χ4v) is 3.33. The lowest BCUT2D eigenvalue weighted by molar-refractivity contribution is -0.121. The Morgan fingerprint density at radius 3 is 2.81 bits per heavy atom. The number of carboxylic acids is 1. The van der Waals surface area contributed by atoms with Crippen LogP contribution in [0.15, 0.2) is 29.1 Å². The number of rotatable bonds is 8. The quantitative estimate of drug-likeness (QED) is 0.678. The number of aromatic carboxylic acids is 1. The molecule has 1 aromatic carbocycles. The Balaban J connectivity index is 1.42. The molecule has 1 aromatic heterocycles. The van der Waals surface area contributed by atoms with Crippen LogP contribution < -0.4 is 11.0 Å². The van der Waals surface area contributed by atoms with Crippen molar-refractivity contribution >= 4 is 11.9 Å². The smallest absolute Gasteiger partial charge is 0.345 e. The Morgan fingerprint density at radius 1 is 1.22 bits per heavy atom. The van der Waals surface area contributed by atoms with Crippen LogP contribution >= 0.6 is 0 Å². The lowest BCUT2D eigenvalue weighted by Gasteiger charge is -2.09. The van der Waals surface area contributed by atoms with Gasteiger partial charge in [-0.15, -0.1) is 0 Å². The molecule has 0 spiro atoms. The number of hydrogen-bond donors (Lipinski definition) is 2. The van der Waals surface area contributed by atoms with Gasteiger partial charge < -0.3 is 10.4 Å². The highest BCUT2D eigenvalue weighted by Crippen LogP contribution is 2.11. The Kier molecular flexibility index (Phi) is 6.05. The molecule has 0 saturated heterocycles. The van der Waals surface area contributed by atoms with E-state index in [9.17, 15) is 14.4 Å². The van der Waals surface area contributed by atoms with Crippen molar-refractivity contribution in [3.8, 4) is 0 Å². The van der Waals surface area contributed by atoms with E-state index in [0.717, 1.165) is 31.6 Å². The molecular formula is C19H24N4O4. The molecule has 0 bridgehead atoms. The maximum Gasteiger partial charge on any atom is 0.345 e. The fourth-order valence-electron chi connectivity index (χ4n) is 3.33. The Morgan fingerprint density at radius 2 is 2.04 bits per heavy atom. The van der Waals surface area contributed by atoms with Crippen molar-refractivity contribution in [3.63, 3.8) is 0 Å². The van der Waals surface area contributed by atoms with Gasteiger partial charge in [-0.3, -0.25) is 9.36 Å². The third kappa shape index (κ3) is 4.64. The first-order valence-corrected chi connectivity index (χ1v) is 9.30. The van der Waals surface area contributed by atoms with Crippen molar-refractivity contribution < 1.29 is 14.7 Å².